The first kappa shape index (κ1) is 19.2. The van der Waals surface area contributed by atoms with Crippen molar-refractivity contribution in [1.82, 2.24) is 20.6 Å². The number of rotatable bonds is 4. The monoisotopic (exact) mass is 420 g/mol. The Morgan fingerprint density at radius 1 is 1.18 bits per heavy atom. The van der Waals surface area contributed by atoms with Crippen molar-refractivity contribution in [3.05, 3.63) is 45.6 Å². The van der Waals surface area contributed by atoms with E-state index in [9.17, 15) is 4.79 Å². The second-order valence-electron chi connectivity index (χ2n) is 7.13. The Kier molecular flexibility index (Phi) is 5.57. The van der Waals surface area contributed by atoms with Gasteiger partial charge in [0.25, 0.3) is 0 Å². The van der Waals surface area contributed by atoms with Crippen molar-refractivity contribution in [2.24, 2.45) is 0 Å². The van der Waals surface area contributed by atoms with Crippen molar-refractivity contribution in [3.8, 4) is 0 Å². The highest BCUT2D eigenvalue weighted by Crippen LogP contribution is 2.32. The van der Waals surface area contributed by atoms with Crippen LogP contribution in [0.25, 0.3) is 0 Å². The molecule has 2 fully saturated rings. The molecule has 0 bridgehead atoms. The van der Waals surface area contributed by atoms with Gasteiger partial charge in [0.15, 0.2) is 0 Å². The van der Waals surface area contributed by atoms with E-state index in [0.717, 1.165) is 43.0 Å². The molecule has 0 spiro atoms. The predicted molar refractivity (Wildman–Crippen MR) is 111 cm³/mol. The Hall–Kier alpha value is -2.09. The lowest BCUT2D eigenvalue weighted by molar-refractivity contribution is 0.251. The van der Waals surface area contributed by atoms with Gasteiger partial charge >= 0.3 is 6.03 Å². The number of hydrogen-bond acceptors (Lipinski definition) is 5. The molecule has 0 aliphatic carbocycles. The van der Waals surface area contributed by atoms with E-state index in [-0.39, 0.29) is 12.1 Å². The normalized spacial score (nSPS) is 22.2. The lowest BCUT2D eigenvalue weighted by Gasteiger charge is -2.26. The van der Waals surface area contributed by atoms with Gasteiger partial charge < -0.3 is 16.0 Å². The highest BCUT2D eigenvalue weighted by molar-refractivity contribution is 6.42. The van der Waals surface area contributed by atoms with E-state index in [4.69, 9.17) is 23.2 Å². The molecule has 148 valence electrons. The fourth-order valence-electron chi connectivity index (χ4n) is 3.64. The number of amides is 2. The molecular weight excluding hydrogens is 399 g/mol. The zero-order chi connectivity index (χ0) is 19.7. The van der Waals surface area contributed by atoms with Crippen LogP contribution < -0.4 is 20.9 Å². The minimum Gasteiger partial charge on any atom is -0.366 e. The number of benzene rings is 1. The number of halogens is 2. The lowest BCUT2D eigenvalue weighted by Crippen LogP contribution is -2.39. The standard InChI is InChI=1S/C19H22Cl2N6O/c1-11-7-17(25-13-3-2-6-22-9-13)26-18(24-11)27-16(10-23-19(27)28)12-4-5-14(20)15(21)8-12/h4-5,7-8,13,16,22H,2-3,6,9-10H2,1H3,(H,23,28)(H,24,25,26). The zero-order valence-electron chi connectivity index (χ0n) is 15.5. The number of carbonyl (C=O) groups is 1. The molecule has 4 rings (SSSR count). The molecule has 2 aromatic rings. The molecule has 2 atom stereocenters. The first-order valence-electron chi connectivity index (χ1n) is 9.36. The highest BCUT2D eigenvalue weighted by atomic mass is 35.5. The molecule has 3 heterocycles. The first-order chi connectivity index (χ1) is 13.5. The second-order valence-corrected chi connectivity index (χ2v) is 7.94. The second kappa shape index (κ2) is 8.11. The van der Waals surface area contributed by atoms with Crippen LogP contribution in [0.3, 0.4) is 0 Å². The third-order valence-corrected chi connectivity index (χ3v) is 5.75. The molecule has 2 amide bonds. The van der Waals surface area contributed by atoms with Crippen LogP contribution in [-0.2, 0) is 0 Å². The average molecular weight is 421 g/mol. The van der Waals surface area contributed by atoms with Crippen LogP contribution in [0, 0.1) is 6.92 Å². The predicted octanol–water partition coefficient (Wildman–Crippen LogP) is 3.53. The smallest absolute Gasteiger partial charge is 0.325 e. The van der Waals surface area contributed by atoms with E-state index in [1.807, 2.05) is 19.1 Å². The Bertz CT molecular complexity index is 887. The van der Waals surface area contributed by atoms with Gasteiger partial charge in [0.1, 0.15) is 5.82 Å². The van der Waals surface area contributed by atoms with E-state index in [2.05, 4.69) is 25.9 Å². The summed E-state index contributed by atoms with van der Waals surface area (Å²) in [5, 5.41) is 10.6. The van der Waals surface area contributed by atoms with Crippen molar-refractivity contribution >= 4 is 41.0 Å². The fraction of sp³-hybridized carbons (Fsp3) is 0.421. The van der Waals surface area contributed by atoms with Gasteiger partial charge in [-0.25, -0.2) is 9.78 Å². The molecule has 2 aliphatic rings. The summed E-state index contributed by atoms with van der Waals surface area (Å²) in [5.41, 5.74) is 1.67. The summed E-state index contributed by atoms with van der Waals surface area (Å²) in [6.45, 7) is 4.29. The molecule has 2 saturated heterocycles. The lowest BCUT2D eigenvalue weighted by atomic mass is 10.1. The largest absolute Gasteiger partial charge is 0.366 e. The first-order valence-corrected chi connectivity index (χ1v) is 10.1. The molecule has 0 radical (unpaired) electrons. The van der Waals surface area contributed by atoms with Gasteiger partial charge in [-0.15, -0.1) is 0 Å². The topological polar surface area (TPSA) is 82.2 Å². The molecule has 1 aromatic heterocycles. The summed E-state index contributed by atoms with van der Waals surface area (Å²) in [6.07, 6.45) is 2.21. The maximum atomic E-state index is 12.6. The number of hydrogen-bond donors (Lipinski definition) is 3. The Morgan fingerprint density at radius 3 is 2.79 bits per heavy atom. The Labute approximate surface area is 173 Å². The Balaban J connectivity index is 1.63. The van der Waals surface area contributed by atoms with Crippen LogP contribution in [0.15, 0.2) is 24.3 Å². The van der Waals surface area contributed by atoms with Gasteiger partial charge in [0.2, 0.25) is 5.95 Å². The van der Waals surface area contributed by atoms with E-state index in [0.29, 0.717) is 28.6 Å². The summed E-state index contributed by atoms with van der Waals surface area (Å²) in [7, 11) is 0. The van der Waals surface area contributed by atoms with Gasteiger partial charge in [-0.2, -0.15) is 4.98 Å². The summed E-state index contributed by atoms with van der Waals surface area (Å²) in [6, 6.07) is 7.12. The van der Waals surface area contributed by atoms with Gasteiger partial charge in [-0.3, -0.25) is 4.90 Å². The summed E-state index contributed by atoms with van der Waals surface area (Å²) >= 11 is 12.2. The third-order valence-electron chi connectivity index (χ3n) is 5.01. The molecular formula is C19H22Cl2N6O. The van der Waals surface area contributed by atoms with Gasteiger partial charge in [-0.05, 0) is 44.0 Å². The van der Waals surface area contributed by atoms with Gasteiger partial charge in [-0.1, -0.05) is 29.3 Å². The minimum atomic E-state index is -0.256. The van der Waals surface area contributed by atoms with E-state index in [1.165, 1.54) is 0 Å². The van der Waals surface area contributed by atoms with Crippen molar-refractivity contribution in [2.45, 2.75) is 31.8 Å². The number of anilines is 2. The molecule has 2 aliphatic heterocycles. The molecule has 3 N–H and O–H groups in total. The van der Waals surface area contributed by atoms with Crippen molar-refractivity contribution in [2.75, 3.05) is 29.9 Å². The number of aryl methyl sites for hydroxylation is 1. The van der Waals surface area contributed by atoms with Gasteiger partial charge in [0, 0.05) is 30.9 Å². The molecule has 7 nitrogen and oxygen atoms in total. The molecule has 0 saturated carbocycles. The molecule has 9 heteroatoms. The quantitative estimate of drug-likeness (QED) is 0.704. The number of nitrogens with zero attached hydrogens (tertiary/aromatic N) is 3. The summed E-state index contributed by atoms with van der Waals surface area (Å²) in [4.78, 5) is 23.3. The number of carbonyl (C=O) groups excluding carboxylic acids is 1. The summed E-state index contributed by atoms with van der Waals surface area (Å²) < 4.78 is 0. The highest BCUT2D eigenvalue weighted by Gasteiger charge is 2.35. The molecule has 28 heavy (non-hydrogen) atoms. The number of urea groups is 1. The van der Waals surface area contributed by atoms with E-state index in [1.54, 1.807) is 17.0 Å². The van der Waals surface area contributed by atoms with Crippen molar-refractivity contribution in [1.29, 1.82) is 0 Å². The van der Waals surface area contributed by atoms with Crippen LogP contribution in [0.2, 0.25) is 10.0 Å². The average Bonchev–Trinajstić information content (AvgIpc) is 3.06. The maximum absolute atomic E-state index is 12.6. The Morgan fingerprint density at radius 2 is 2.04 bits per heavy atom. The number of piperidine rings is 1. The van der Waals surface area contributed by atoms with Crippen molar-refractivity contribution in [3.63, 3.8) is 0 Å². The van der Waals surface area contributed by atoms with Gasteiger partial charge in [0.05, 0.1) is 16.1 Å². The van der Waals surface area contributed by atoms with Crippen molar-refractivity contribution < 1.29 is 4.79 Å². The van der Waals surface area contributed by atoms with Crippen LogP contribution in [0.4, 0.5) is 16.6 Å². The number of aromatic nitrogens is 2. The van der Waals surface area contributed by atoms with Crippen LogP contribution in [0.1, 0.15) is 30.1 Å². The van der Waals surface area contributed by atoms with Crippen LogP contribution >= 0.6 is 23.2 Å². The van der Waals surface area contributed by atoms with Crippen LogP contribution in [0.5, 0.6) is 0 Å². The SMILES string of the molecule is Cc1cc(NC2CCCNC2)nc(N2C(=O)NCC2c2ccc(Cl)c(Cl)c2)n1. The third kappa shape index (κ3) is 4.01. The zero-order valence-corrected chi connectivity index (χ0v) is 17.0. The summed E-state index contributed by atoms with van der Waals surface area (Å²) in [5.74, 6) is 1.10. The molecule has 1 aromatic carbocycles. The maximum Gasteiger partial charge on any atom is 0.325 e. The van der Waals surface area contributed by atoms with Crippen LogP contribution in [-0.4, -0.2) is 41.7 Å². The minimum absolute atomic E-state index is 0.230. The number of nitrogens with one attached hydrogen (secondary N) is 3. The molecule has 2 unspecified atom stereocenters. The van der Waals surface area contributed by atoms with E-state index < -0.39 is 0 Å². The van der Waals surface area contributed by atoms with E-state index >= 15 is 0 Å². The fourth-order valence-corrected chi connectivity index (χ4v) is 3.94.